The summed E-state index contributed by atoms with van der Waals surface area (Å²) in [6, 6.07) is 28.3. The Balaban J connectivity index is 1.18. The van der Waals surface area contributed by atoms with Crippen LogP contribution in [0, 0.1) is 0 Å². The molecule has 0 unspecified atom stereocenters. The molecule has 2 heterocycles. The molecule has 1 saturated carbocycles. The Labute approximate surface area is 265 Å². The highest BCUT2D eigenvalue weighted by Gasteiger charge is 2.29. The molecule has 44 heavy (non-hydrogen) atoms. The van der Waals surface area contributed by atoms with Crippen LogP contribution in [-0.2, 0) is 24.1 Å². The molecule has 4 aromatic rings. The largest absolute Gasteiger partial charge is 0.446 e. The van der Waals surface area contributed by atoms with E-state index in [4.69, 9.17) is 16.3 Å². The van der Waals surface area contributed by atoms with Gasteiger partial charge in [-0.2, -0.15) is 0 Å². The van der Waals surface area contributed by atoms with Gasteiger partial charge in [-0.1, -0.05) is 77.5 Å². The fraction of sp³-hybridized carbons (Fsp3) is 0.400. The SMILES string of the molecule is O=C(N[C@@H](Cc1ccccc1)[C@H](Cc1ccccc1)n1cc(CN2CCN(c3ccc(Cl)cc3)CC2)nn1)OC1CCCC1. The summed E-state index contributed by atoms with van der Waals surface area (Å²) in [5.41, 5.74) is 4.45. The smallest absolute Gasteiger partial charge is 0.407 e. The van der Waals surface area contributed by atoms with Crippen molar-refractivity contribution >= 4 is 23.4 Å². The number of carbonyl (C=O) groups excluding carboxylic acids is 1. The number of nitrogens with zero attached hydrogens (tertiary/aromatic N) is 5. The summed E-state index contributed by atoms with van der Waals surface area (Å²) in [5.74, 6) is 0. The average molecular weight is 613 g/mol. The quantitative estimate of drug-likeness (QED) is 0.214. The molecular weight excluding hydrogens is 572 g/mol. The molecule has 2 aliphatic rings. The molecule has 1 aromatic heterocycles. The summed E-state index contributed by atoms with van der Waals surface area (Å²) in [5, 5.41) is 13.3. The van der Waals surface area contributed by atoms with Crippen molar-refractivity contribution in [2.24, 2.45) is 0 Å². The van der Waals surface area contributed by atoms with E-state index in [-0.39, 0.29) is 24.3 Å². The molecule has 1 aliphatic heterocycles. The zero-order chi connectivity index (χ0) is 30.1. The molecule has 1 amide bonds. The molecule has 6 rings (SSSR count). The van der Waals surface area contributed by atoms with Gasteiger partial charge in [-0.25, -0.2) is 9.48 Å². The first-order chi connectivity index (χ1) is 21.6. The van der Waals surface area contributed by atoms with Gasteiger partial charge in [-0.05, 0) is 73.9 Å². The monoisotopic (exact) mass is 612 g/mol. The highest BCUT2D eigenvalue weighted by atomic mass is 35.5. The summed E-state index contributed by atoms with van der Waals surface area (Å²) >= 11 is 6.08. The van der Waals surface area contributed by atoms with Gasteiger partial charge in [0.25, 0.3) is 0 Å². The van der Waals surface area contributed by atoms with Crippen molar-refractivity contribution in [3.05, 3.63) is 113 Å². The average Bonchev–Trinajstić information content (AvgIpc) is 3.74. The Kier molecular flexibility index (Phi) is 10.1. The Hall–Kier alpha value is -3.88. The first-order valence-corrected chi connectivity index (χ1v) is 16.2. The van der Waals surface area contributed by atoms with Crippen molar-refractivity contribution in [2.75, 3.05) is 31.1 Å². The number of ether oxygens (including phenoxy) is 1. The number of benzene rings is 3. The number of halogens is 1. The molecule has 0 radical (unpaired) electrons. The second-order valence-corrected chi connectivity index (χ2v) is 12.4. The van der Waals surface area contributed by atoms with Gasteiger partial charge in [-0.3, -0.25) is 4.90 Å². The zero-order valence-corrected chi connectivity index (χ0v) is 25.9. The van der Waals surface area contributed by atoms with E-state index < -0.39 is 0 Å². The maximum Gasteiger partial charge on any atom is 0.407 e. The third-order valence-electron chi connectivity index (χ3n) is 8.78. The van der Waals surface area contributed by atoms with Crippen molar-refractivity contribution in [2.45, 2.75) is 63.3 Å². The fourth-order valence-corrected chi connectivity index (χ4v) is 6.49. The number of hydrogen-bond acceptors (Lipinski definition) is 6. The van der Waals surface area contributed by atoms with E-state index >= 15 is 0 Å². The number of nitrogens with one attached hydrogen (secondary N) is 1. The lowest BCUT2D eigenvalue weighted by molar-refractivity contribution is 0.0946. The topological polar surface area (TPSA) is 75.5 Å². The van der Waals surface area contributed by atoms with Crippen LogP contribution in [0.4, 0.5) is 10.5 Å². The van der Waals surface area contributed by atoms with Crippen LogP contribution >= 0.6 is 11.6 Å². The molecule has 0 spiro atoms. The summed E-state index contributed by atoms with van der Waals surface area (Å²) in [7, 11) is 0. The fourth-order valence-electron chi connectivity index (χ4n) is 6.36. The Morgan fingerprint density at radius 2 is 1.50 bits per heavy atom. The lowest BCUT2D eigenvalue weighted by atomic mass is 9.94. The van der Waals surface area contributed by atoms with E-state index in [0.717, 1.165) is 74.7 Å². The molecule has 1 N–H and O–H groups in total. The minimum atomic E-state index is -0.352. The lowest BCUT2D eigenvalue weighted by Gasteiger charge is -2.35. The van der Waals surface area contributed by atoms with E-state index in [1.807, 2.05) is 41.1 Å². The van der Waals surface area contributed by atoms with Crippen LogP contribution < -0.4 is 10.2 Å². The Morgan fingerprint density at radius 1 is 0.864 bits per heavy atom. The predicted molar refractivity (Wildman–Crippen MR) is 174 cm³/mol. The van der Waals surface area contributed by atoms with Crippen LogP contribution in [0.5, 0.6) is 0 Å². The molecule has 230 valence electrons. The molecule has 9 heteroatoms. The maximum atomic E-state index is 13.2. The first kappa shape index (κ1) is 30.2. The molecule has 2 fully saturated rings. The van der Waals surface area contributed by atoms with Gasteiger partial charge < -0.3 is 15.0 Å². The number of piperazine rings is 1. The maximum absolute atomic E-state index is 13.2. The predicted octanol–water partition coefficient (Wildman–Crippen LogP) is 6.32. The molecule has 8 nitrogen and oxygen atoms in total. The van der Waals surface area contributed by atoms with Crippen molar-refractivity contribution in [1.29, 1.82) is 0 Å². The number of carbonyl (C=O) groups is 1. The highest BCUT2D eigenvalue weighted by molar-refractivity contribution is 6.30. The van der Waals surface area contributed by atoms with E-state index in [1.54, 1.807) is 0 Å². The van der Waals surface area contributed by atoms with Gasteiger partial charge >= 0.3 is 6.09 Å². The van der Waals surface area contributed by atoms with Crippen LogP contribution in [0.25, 0.3) is 0 Å². The number of aromatic nitrogens is 3. The number of alkyl carbamates (subject to hydrolysis) is 1. The van der Waals surface area contributed by atoms with Crippen molar-refractivity contribution in [3.63, 3.8) is 0 Å². The number of hydrogen-bond donors (Lipinski definition) is 1. The normalized spacial score (nSPS) is 17.3. The van der Waals surface area contributed by atoms with Crippen molar-refractivity contribution in [3.8, 4) is 0 Å². The van der Waals surface area contributed by atoms with Gasteiger partial charge in [-0.15, -0.1) is 5.10 Å². The van der Waals surface area contributed by atoms with Crippen molar-refractivity contribution in [1.82, 2.24) is 25.2 Å². The number of anilines is 1. The summed E-state index contributed by atoms with van der Waals surface area (Å²) in [4.78, 5) is 18.0. The number of rotatable bonds is 11. The van der Waals surface area contributed by atoms with Gasteiger partial charge in [0.2, 0.25) is 0 Å². The number of amides is 1. The van der Waals surface area contributed by atoms with Crippen LogP contribution in [0.3, 0.4) is 0 Å². The summed E-state index contributed by atoms with van der Waals surface area (Å²) in [6.45, 7) is 4.49. The molecule has 2 atom stereocenters. The second kappa shape index (κ2) is 14.7. The second-order valence-electron chi connectivity index (χ2n) is 11.9. The lowest BCUT2D eigenvalue weighted by Crippen LogP contribution is -2.46. The minimum absolute atomic E-state index is 0.00178. The zero-order valence-electron chi connectivity index (χ0n) is 25.1. The highest BCUT2D eigenvalue weighted by Crippen LogP contribution is 2.25. The van der Waals surface area contributed by atoms with Crippen LogP contribution in [-0.4, -0.2) is 64.3 Å². The van der Waals surface area contributed by atoms with Gasteiger partial charge in [0.05, 0.1) is 24.0 Å². The van der Waals surface area contributed by atoms with Crippen LogP contribution in [0.15, 0.2) is 91.1 Å². The van der Waals surface area contributed by atoms with E-state index in [0.29, 0.717) is 12.8 Å². The van der Waals surface area contributed by atoms with Gasteiger partial charge in [0.1, 0.15) is 6.10 Å². The van der Waals surface area contributed by atoms with Crippen molar-refractivity contribution < 1.29 is 9.53 Å². The third-order valence-corrected chi connectivity index (χ3v) is 9.03. The summed E-state index contributed by atoms with van der Waals surface area (Å²) < 4.78 is 7.81. The summed E-state index contributed by atoms with van der Waals surface area (Å²) in [6.07, 6.45) is 7.15. The van der Waals surface area contributed by atoms with Crippen LogP contribution in [0.1, 0.15) is 48.5 Å². The van der Waals surface area contributed by atoms with Gasteiger partial charge in [0.15, 0.2) is 0 Å². The van der Waals surface area contributed by atoms with E-state index in [9.17, 15) is 4.79 Å². The van der Waals surface area contributed by atoms with Crippen LogP contribution in [0.2, 0.25) is 5.02 Å². The molecule has 1 aliphatic carbocycles. The molecule has 1 saturated heterocycles. The first-order valence-electron chi connectivity index (χ1n) is 15.8. The minimum Gasteiger partial charge on any atom is -0.446 e. The van der Waals surface area contributed by atoms with E-state index in [2.05, 4.69) is 80.2 Å². The standard InChI is InChI=1S/C35H41ClN6O2/c36-29-15-17-31(18-16-29)41-21-19-40(20-22-41)25-30-26-42(39-38-30)34(24-28-11-5-2-6-12-28)33(23-27-9-3-1-4-10-27)37-35(43)44-32-13-7-8-14-32/h1-6,9-12,15-18,26,32-34H,7-8,13-14,19-25H2,(H,37,43)/t33-,34-/m0/s1. The third kappa shape index (κ3) is 8.18. The Morgan fingerprint density at radius 3 is 2.16 bits per heavy atom. The molecule has 3 aromatic carbocycles. The Bertz CT molecular complexity index is 1450. The van der Waals surface area contributed by atoms with Gasteiger partial charge in [0, 0.05) is 43.4 Å². The molecule has 0 bridgehead atoms. The molecular formula is C35H41ClN6O2. The van der Waals surface area contributed by atoms with E-state index in [1.165, 1.54) is 11.3 Å².